The first-order valence-electron chi connectivity index (χ1n) is 10.9. The molecule has 0 spiro atoms. The van der Waals surface area contributed by atoms with E-state index in [9.17, 15) is 36.2 Å². The lowest BCUT2D eigenvalue weighted by atomic mass is 9.81. The van der Waals surface area contributed by atoms with Gasteiger partial charge in [0.1, 0.15) is 11.4 Å². The Morgan fingerprint density at radius 1 is 1.00 bits per heavy atom. The van der Waals surface area contributed by atoms with Crippen LogP contribution < -0.4 is 4.74 Å². The van der Waals surface area contributed by atoms with Crippen LogP contribution in [0.4, 0.5) is 26.3 Å². The predicted octanol–water partition coefficient (Wildman–Crippen LogP) is 6.74. The van der Waals surface area contributed by atoms with Gasteiger partial charge in [-0.3, -0.25) is 0 Å². The largest absolute Gasteiger partial charge is 0.429 e. The number of rotatable bonds is 6. The van der Waals surface area contributed by atoms with Crippen molar-refractivity contribution in [1.29, 1.82) is 0 Å². The summed E-state index contributed by atoms with van der Waals surface area (Å²) in [4.78, 5) is 11.8. The highest BCUT2D eigenvalue weighted by Crippen LogP contribution is 2.55. The van der Waals surface area contributed by atoms with Crippen molar-refractivity contribution in [2.75, 3.05) is 0 Å². The number of benzene rings is 2. The number of alkyl halides is 6. The average Bonchev–Trinajstić information content (AvgIpc) is 3.19. The van der Waals surface area contributed by atoms with Crippen LogP contribution in [-0.4, -0.2) is 34.6 Å². The van der Waals surface area contributed by atoms with Crippen LogP contribution in [0, 0.1) is 0 Å². The van der Waals surface area contributed by atoms with Gasteiger partial charge in [-0.05, 0) is 62.1 Å². The Morgan fingerprint density at radius 2 is 1.57 bits per heavy atom. The van der Waals surface area contributed by atoms with Crippen LogP contribution in [0.15, 0.2) is 48.6 Å². The lowest BCUT2D eigenvalue weighted by Crippen LogP contribution is -2.70. The van der Waals surface area contributed by atoms with Gasteiger partial charge in [0.15, 0.2) is 0 Å². The van der Waals surface area contributed by atoms with Crippen molar-refractivity contribution in [2.24, 2.45) is 0 Å². The Hall–Kier alpha value is -2.59. The first kappa shape index (κ1) is 27.0. The van der Waals surface area contributed by atoms with E-state index in [-0.39, 0.29) is 24.2 Å². The topological polar surface area (TPSA) is 55.8 Å². The van der Waals surface area contributed by atoms with E-state index in [0.29, 0.717) is 43.0 Å². The molecule has 0 heterocycles. The third-order valence-corrected chi connectivity index (χ3v) is 6.46. The summed E-state index contributed by atoms with van der Waals surface area (Å²) in [5, 5.41) is 11.1. The van der Waals surface area contributed by atoms with Gasteiger partial charge in [-0.1, -0.05) is 43.7 Å². The summed E-state index contributed by atoms with van der Waals surface area (Å²) in [7, 11) is 0. The van der Waals surface area contributed by atoms with E-state index >= 15 is 0 Å². The molecule has 0 aromatic heterocycles. The predicted molar refractivity (Wildman–Crippen MR) is 117 cm³/mol. The minimum Gasteiger partial charge on any atom is -0.423 e. The molecule has 1 aliphatic carbocycles. The maximum atomic E-state index is 13.7. The zero-order valence-electron chi connectivity index (χ0n) is 19.4. The molecule has 1 N–H and O–H groups in total. The molecule has 0 amide bonds. The minimum absolute atomic E-state index is 0.160. The monoisotopic (exact) mass is 504 g/mol. The summed E-state index contributed by atoms with van der Waals surface area (Å²) in [6.07, 6.45) is -10.7. The summed E-state index contributed by atoms with van der Waals surface area (Å²) in [6.45, 7) is 6.20. The quantitative estimate of drug-likeness (QED) is 0.205. The van der Waals surface area contributed by atoms with E-state index in [4.69, 9.17) is 9.47 Å². The number of halogens is 6. The molecule has 4 nitrogen and oxygen atoms in total. The molecule has 2 aromatic rings. The number of ether oxygens (including phenoxy) is 2. The summed E-state index contributed by atoms with van der Waals surface area (Å²) in [5.74, 6) is -0.440. The highest BCUT2D eigenvalue weighted by atomic mass is 19.4. The van der Waals surface area contributed by atoms with Crippen molar-refractivity contribution < 1.29 is 45.7 Å². The summed E-state index contributed by atoms with van der Waals surface area (Å²) in [5.41, 5.74) is -9.11. The number of aliphatic hydroxyl groups is 1. The molecule has 10 heteroatoms. The zero-order chi connectivity index (χ0) is 26.4. The van der Waals surface area contributed by atoms with Crippen molar-refractivity contribution in [3.8, 4) is 5.75 Å². The molecular formula is C25H26F6O4. The highest BCUT2D eigenvalue weighted by Gasteiger charge is 2.78. The van der Waals surface area contributed by atoms with Crippen molar-refractivity contribution in [2.45, 2.75) is 75.6 Å². The molecule has 0 radical (unpaired) electrons. The number of carbonyl (C=O) groups is 1. The van der Waals surface area contributed by atoms with Crippen LogP contribution in [0.1, 0.15) is 52.0 Å². The molecule has 0 unspecified atom stereocenters. The van der Waals surface area contributed by atoms with Crippen LogP contribution in [0.3, 0.4) is 0 Å². The fourth-order valence-corrected chi connectivity index (χ4v) is 4.69. The molecule has 3 rings (SSSR count). The van der Waals surface area contributed by atoms with E-state index in [0.717, 1.165) is 0 Å². The third-order valence-electron chi connectivity index (χ3n) is 6.46. The first-order chi connectivity index (χ1) is 16.0. The van der Waals surface area contributed by atoms with Gasteiger partial charge in [0.05, 0.1) is 5.60 Å². The van der Waals surface area contributed by atoms with E-state index in [1.54, 1.807) is 24.3 Å². The fourth-order valence-electron chi connectivity index (χ4n) is 4.69. The van der Waals surface area contributed by atoms with Gasteiger partial charge in [-0.2, -0.15) is 26.3 Å². The number of esters is 1. The fraction of sp³-hybridized carbons (Fsp3) is 0.480. The second-order valence-corrected chi connectivity index (χ2v) is 9.38. The van der Waals surface area contributed by atoms with Crippen LogP contribution in [-0.2, 0) is 15.1 Å². The number of fused-ring (bicyclic) bond motifs is 1. The zero-order valence-corrected chi connectivity index (χ0v) is 19.4. The minimum atomic E-state index is -6.03. The van der Waals surface area contributed by atoms with Crippen LogP contribution in [0.5, 0.6) is 5.75 Å². The van der Waals surface area contributed by atoms with Crippen LogP contribution >= 0.6 is 0 Å². The molecule has 0 atom stereocenters. The Labute approximate surface area is 198 Å². The molecule has 2 aromatic carbocycles. The van der Waals surface area contributed by atoms with Crippen LogP contribution in [0.25, 0.3) is 10.8 Å². The molecule has 1 fully saturated rings. The Bertz CT molecular complexity index is 1110. The smallest absolute Gasteiger partial charge is 0.423 e. The number of carbonyl (C=O) groups excluding carboxylic acids is 1. The Kier molecular flexibility index (Phi) is 6.80. The van der Waals surface area contributed by atoms with Crippen molar-refractivity contribution in [1.82, 2.24) is 0 Å². The van der Waals surface area contributed by atoms with E-state index < -0.39 is 35.1 Å². The standard InChI is InChI=1S/C25H26F6O4/c1-15(2)20(32)34-17-10-11-18-16(14-17)8-7-9-19(18)22(12-5-6-13-22)35-21(3,4)23(33,24(26,27)28)25(29,30)31/h7-11,14,33H,1,5-6,12-13H2,2-4H3. The first-order valence-corrected chi connectivity index (χ1v) is 10.9. The Balaban J connectivity index is 2.11. The van der Waals surface area contributed by atoms with Gasteiger partial charge in [0.2, 0.25) is 0 Å². The maximum absolute atomic E-state index is 13.7. The molecule has 0 saturated heterocycles. The second kappa shape index (κ2) is 8.81. The van der Waals surface area contributed by atoms with Crippen LogP contribution in [0.2, 0.25) is 0 Å². The average molecular weight is 504 g/mol. The van der Waals surface area contributed by atoms with Crippen molar-refractivity contribution >= 4 is 16.7 Å². The lowest BCUT2D eigenvalue weighted by molar-refractivity contribution is -0.421. The van der Waals surface area contributed by atoms with Gasteiger partial charge in [0, 0.05) is 5.57 Å². The third kappa shape index (κ3) is 4.65. The van der Waals surface area contributed by atoms with Gasteiger partial charge in [0.25, 0.3) is 5.60 Å². The van der Waals surface area contributed by atoms with E-state index in [2.05, 4.69) is 6.58 Å². The van der Waals surface area contributed by atoms with Crippen molar-refractivity contribution in [3.63, 3.8) is 0 Å². The highest BCUT2D eigenvalue weighted by molar-refractivity contribution is 5.91. The molecule has 0 aliphatic heterocycles. The molecule has 0 bridgehead atoms. The molecule has 35 heavy (non-hydrogen) atoms. The van der Waals surface area contributed by atoms with E-state index in [1.807, 2.05) is 0 Å². The van der Waals surface area contributed by atoms with Gasteiger partial charge in [-0.15, -0.1) is 0 Å². The number of hydrogen-bond donors (Lipinski definition) is 1. The van der Waals surface area contributed by atoms with Crippen molar-refractivity contribution in [3.05, 3.63) is 54.1 Å². The summed E-state index contributed by atoms with van der Waals surface area (Å²) in [6, 6.07) is 9.44. The molecule has 1 aliphatic rings. The van der Waals surface area contributed by atoms with Gasteiger partial charge in [-0.25, -0.2) is 4.79 Å². The summed E-state index contributed by atoms with van der Waals surface area (Å²) < 4.78 is 92.9. The second-order valence-electron chi connectivity index (χ2n) is 9.38. The SMILES string of the molecule is C=C(C)C(=O)Oc1ccc2c(C3(OC(C)(C)C(O)(C(F)(F)F)C(F)(F)F)CCCC3)cccc2c1. The normalized spacial score (nSPS) is 17.0. The molecule has 1 saturated carbocycles. The number of hydrogen-bond acceptors (Lipinski definition) is 4. The Morgan fingerprint density at radius 3 is 2.09 bits per heavy atom. The summed E-state index contributed by atoms with van der Waals surface area (Å²) >= 11 is 0. The lowest BCUT2D eigenvalue weighted by Gasteiger charge is -2.48. The van der Waals surface area contributed by atoms with E-state index in [1.165, 1.54) is 19.1 Å². The maximum Gasteiger partial charge on any atom is 0.429 e. The van der Waals surface area contributed by atoms with Gasteiger partial charge < -0.3 is 14.6 Å². The van der Waals surface area contributed by atoms with Gasteiger partial charge >= 0.3 is 18.3 Å². The molecule has 192 valence electrons. The molecular weight excluding hydrogens is 478 g/mol.